The zero-order valence-corrected chi connectivity index (χ0v) is 9.82. The maximum absolute atomic E-state index is 11.3. The fourth-order valence-corrected chi connectivity index (χ4v) is 1.27. The molecular weight excluding hydrogens is 230 g/mol. The molecule has 0 radical (unpaired) electrons. The van der Waals surface area contributed by atoms with Crippen LogP contribution < -0.4 is 0 Å². The van der Waals surface area contributed by atoms with E-state index in [0.717, 1.165) is 0 Å². The average molecular weight is 242 g/mol. The summed E-state index contributed by atoms with van der Waals surface area (Å²) in [6.07, 6.45) is 3.13. The molecule has 0 aromatic carbocycles. The van der Waals surface area contributed by atoms with Gasteiger partial charge in [0, 0.05) is 0 Å². The second-order valence-electron chi connectivity index (χ2n) is 2.85. The first-order valence-electron chi connectivity index (χ1n) is 4.71. The summed E-state index contributed by atoms with van der Waals surface area (Å²) < 4.78 is 9.62. The van der Waals surface area contributed by atoms with E-state index in [1.807, 2.05) is 6.92 Å². The number of halogens is 1. The smallest absolute Gasteiger partial charge is 0.338 e. The lowest BCUT2D eigenvalue weighted by molar-refractivity contribution is 0.0600. The Morgan fingerprint density at radius 1 is 1.56 bits per heavy atom. The number of pyridine rings is 1. The highest BCUT2D eigenvalue weighted by Gasteiger charge is 2.07. The number of aromatic nitrogens is 1. The Hall–Kier alpha value is -1.55. The number of rotatable bonds is 4. The quantitative estimate of drug-likeness (QED) is 0.462. The molecule has 0 amide bonds. The normalized spacial score (nSPS) is 10.4. The highest BCUT2D eigenvalue weighted by atomic mass is 35.5. The molecule has 16 heavy (non-hydrogen) atoms. The van der Waals surface area contributed by atoms with Gasteiger partial charge in [-0.3, -0.25) is 0 Å². The van der Waals surface area contributed by atoms with E-state index in [0.29, 0.717) is 17.9 Å². The van der Waals surface area contributed by atoms with Crippen LogP contribution in [0.4, 0.5) is 0 Å². The van der Waals surface area contributed by atoms with Crippen LogP contribution in [0.2, 0.25) is 5.15 Å². The second-order valence-corrected chi connectivity index (χ2v) is 3.24. The third-order valence-electron chi connectivity index (χ3n) is 1.74. The number of methoxy groups -OCH3 is 1. The van der Waals surface area contributed by atoms with Crippen LogP contribution in [0.1, 0.15) is 23.0 Å². The molecule has 0 N–H and O–H groups in total. The molecule has 1 aromatic rings. The standard InChI is InChI=1S/C11H12ClNO3/c1-3-16-5-4-9-6-8(11(14)15-2)7-10(12)13-9/h4-7H,3H2,1-2H3. The summed E-state index contributed by atoms with van der Waals surface area (Å²) in [5.41, 5.74) is 0.903. The van der Waals surface area contributed by atoms with E-state index in [2.05, 4.69) is 9.72 Å². The first-order valence-corrected chi connectivity index (χ1v) is 5.09. The maximum atomic E-state index is 11.3. The monoisotopic (exact) mass is 241 g/mol. The number of carbonyl (C=O) groups is 1. The second kappa shape index (κ2) is 6.12. The first-order chi connectivity index (χ1) is 7.67. The number of ether oxygens (including phenoxy) is 2. The Labute approximate surface area is 98.8 Å². The van der Waals surface area contributed by atoms with Crippen LogP contribution in [0, 0.1) is 0 Å². The Bertz CT molecular complexity index is 404. The lowest BCUT2D eigenvalue weighted by atomic mass is 10.2. The molecule has 0 unspecified atom stereocenters. The van der Waals surface area contributed by atoms with E-state index >= 15 is 0 Å². The van der Waals surface area contributed by atoms with Crippen molar-refractivity contribution in [1.29, 1.82) is 0 Å². The van der Waals surface area contributed by atoms with Crippen molar-refractivity contribution in [1.82, 2.24) is 4.98 Å². The molecule has 1 rings (SSSR count). The topological polar surface area (TPSA) is 48.4 Å². The summed E-state index contributed by atoms with van der Waals surface area (Å²) in [6, 6.07) is 3.03. The van der Waals surface area contributed by atoms with Crippen LogP contribution in [0.15, 0.2) is 18.4 Å². The Morgan fingerprint density at radius 2 is 2.31 bits per heavy atom. The molecule has 5 heteroatoms. The molecule has 1 heterocycles. The zero-order chi connectivity index (χ0) is 12.0. The van der Waals surface area contributed by atoms with Gasteiger partial charge in [-0.1, -0.05) is 11.6 Å². The molecular formula is C11H12ClNO3. The molecule has 0 saturated carbocycles. The Balaban J connectivity index is 2.94. The van der Waals surface area contributed by atoms with Crippen LogP contribution in [0.5, 0.6) is 0 Å². The molecule has 0 aliphatic rings. The Kier molecular flexibility index (Phi) is 4.79. The molecule has 0 saturated heterocycles. The van der Waals surface area contributed by atoms with E-state index in [1.54, 1.807) is 12.1 Å². The fourth-order valence-electron chi connectivity index (χ4n) is 1.05. The minimum Gasteiger partial charge on any atom is -0.501 e. The predicted octanol–water partition coefficient (Wildman–Crippen LogP) is 2.53. The maximum Gasteiger partial charge on any atom is 0.338 e. The molecule has 0 fully saturated rings. The van der Waals surface area contributed by atoms with Gasteiger partial charge in [0.2, 0.25) is 0 Å². The van der Waals surface area contributed by atoms with Crippen LogP contribution in [0.25, 0.3) is 6.08 Å². The van der Waals surface area contributed by atoms with Crippen molar-refractivity contribution in [2.45, 2.75) is 6.92 Å². The third-order valence-corrected chi connectivity index (χ3v) is 1.93. The highest BCUT2D eigenvalue weighted by Crippen LogP contribution is 2.13. The lowest BCUT2D eigenvalue weighted by Crippen LogP contribution is -2.02. The number of hydrogen-bond acceptors (Lipinski definition) is 4. The van der Waals surface area contributed by atoms with Crippen molar-refractivity contribution in [3.63, 3.8) is 0 Å². The summed E-state index contributed by atoms with van der Waals surface area (Å²) in [4.78, 5) is 15.3. The summed E-state index contributed by atoms with van der Waals surface area (Å²) in [7, 11) is 1.31. The first kappa shape index (κ1) is 12.5. The summed E-state index contributed by atoms with van der Waals surface area (Å²) in [5.74, 6) is -0.449. The molecule has 0 bridgehead atoms. The third kappa shape index (κ3) is 3.55. The van der Waals surface area contributed by atoms with Crippen LogP contribution in [-0.4, -0.2) is 24.7 Å². The largest absolute Gasteiger partial charge is 0.501 e. The summed E-state index contributed by atoms with van der Waals surface area (Å²) in [5, 5.41) is 0.235. The molecule has 0 aliphatic carbocycles. The molecule has 1 aromatic heterocycles. The van der Waals surface area contributed by atoms with Gasteiger partial charge in [0.05, 0.1) is 31.2 Å². The van der Waals surface area contributed by atoms with Gasteiger partial charge in [-0.25, -0.2) is 9.78 Å². The number of nitrogens with zero attached hydrogens (tertiary/aromatic N) is 1. The average Bonchev–Trinajstić information content (AvgIpc) is 2.27. The van der Waals surface area contributed by atoms with Crippen molar-refractivity contribution < 1.29 is 14.3 Å². The van der Waals surface area contributed by atoms with E-state index in [-0.39, 0.29) is 5.15 Å². The van der Waals surface area contributed by atoms with Gasteiger partial charge in [-0.15, -0.1) is 0 Å². The van der Waals surface area contributed by atoms with Crippen molar-refractivity contribution in [3.8, 4) is 0 Å². The molecule has 0 spiro atoms. The Morgan fingerprint density at radius 3 is 2.94 bits per heavy atom. The van der Waals surface area contributed by atoms with Gasteiger partial charge in [0.15, 0.2) is 0 Å². The van der Waals surface area contributed by atoms with Crippen molar-refractivity contribution in [2.75, 3.05) is 13.7 Å². The highest BCUT2D eigenvalue weighted by molar-refractivity contribution is 6.29. The minimum absolute atomic E-state index is 0.235. The number of carbonyl (C=O) groups excluding carboxylic acids is 1. The van der Waals surface area contributed by atoms with Crippen molar-refractivity contribution in [3.05, 3.63) is 34.8 Å². The van der Waals surface area contributed by atoms with Crippen LogP contribution in [-0.2, 0) is 9.47 Å². The van der Waals surface area contributed by atoms with Crippen molar-refractivity contribution >= 4 is 23.6 Å². The van der Waals surface area contributed by atoms with Gasteiger partial charge >= 0.3 is 5.97 Å². The van der Waals surface area contributed by atoms with Gasteiger partial charge < -0.3 is 9.47 Å². The SMILES string of the molecule is CCOC=Cc1cc(C(=O)OC)cc(Cl)n1. The molecule has 0 atom stereocenters. The van der Waals surface area contributed by atoms with E-state index in [1.165, 1.54) is 19.4 Å². The summed E-state index contributed by atoms with van der Waals surface area (Å²) >= 11 is 5.77. The van der Waals surface area contributed by atoms with Gasteiger partial charge in [0.1, 0.15) is 5.15 Å². The molecule has 0 aliphatic heterocycles. The molecule has 4 nitrogen and oxygen atoms in total. The van der Waals surface area contributed by atoms with Crippen molar-refractivity contribution in [2.24, 2.45) is 0 Å². The lowest BCUT2D eigenvalue weighted by Gasteiger charge is -2.01. The zero-order valence-electron chi connectivity index (χ0n) is 9.07. The number of esters is 1. The van der Waals surface area contributed by atoms with Gasteiger partial charge in [-0.05, 0) is 25.1 Å². The number of hydrogen-bond donors (Lipinski definition) is 0. The van der Waals surface area contributed by atoms with Crippen LogP contribution >= 0.6 is 11.6 Å². The minimum atomic E-state index is -0.449. The summed E-state index contributed by atoms with van der Waals surface area (Å²) in [6.45, 7) is 2.44. The van der Waals surface area contributed by atoms with Gasteiger partial charge in [0.25, 0.3) is 0 Å². The molecule has 86 valence electrons. The van der Waals surface area contributed by atoms with E-state index < -0.39 is 5.97 Å². The predicted molar refractivity (Wildman–Crippen MR) is 61.2 cm³/mol. The van der Waals surface area contributed by atoms with E-state index in [4.69, 9.17) is 16.3 Å². The van der Waals surface area contributed by atoms with Gasteiger partial charge in [-0.2, -0.15) is 0 Å². The fraction of sp³-hybridized carbons (Fsp3) is 0.273. The van der Waals surface area contributed by atoms with Crippen LogP contribution in [0.3, 0.4) is 0 Å². The van der Waals surface area contributed by atoms with E-state index in [9.17, 15) is 4.79 Å².